The van der Waals surface area contributed by atoms with Gasteiger partial charge >= 0.3 is 0 Å². The Morgan fingerprint density at radius 1 is 0.651 bits per heavy atom. The average molecular weight is 558 g/mol. The Labute approximate surface area is 248 Å². The molecule has 43 heavy (non-hydrogen) atoms. The summed E-state index contributed by atoms with van der Waals surface area (Å²) < 4.78 is 13.0. The van der Waals surface area contributed by atoms with Crippen LogP contribution in [-0.4, -0.2) is 6.54 Å². The molecule has 9 rings (SSSR count). The van der Waals surface area contributed by atoms with E-state index in [-0.39, 0.29) is 0 Å². The summed E-state index contributed by atoms with van der Waals surface area (Å²) in [4.78, 5) is 2.36. The fraction of sp³-hybridized carbons (Fsp3) is 0.0526. The maximum absolute atomic E-state index is 6.67. The van der Waals surface area contributed by atoms with E-state index in [1.807, 2.05) is 12.3 Å². The van der Waals surface area contributed by atoms with Crippen LogP contribution in [0.3, 0.4) is 0 Å². The van der Waals surface area contributed by atoms with Gasteiger partial charge in [0, 0.05) is 28.4 Å². The summed E-state index contributed by atoms with van der Waals surface area (Å²) in [5, 5.41) is 11.2. The van der Waals surface area contributed by atoms with E-state index in [0.29, 0.717) is 6.54 Å². The van der Waals surface area contributed by atoms with Crippen LogP contribution in [0.25, 0.3) is 56.0 Å². The Bertz CT molecular complexity index is 2250. The van der Waals surface area contributed by atoms with Crippen molar-refractivity contribution in [1.82, 2.24) is 5.32 Å². The normalized spacial score (nSPS) is 13.6. The molecular formula is C38H27N3O2. The third-order valence-corrected chi connectivity index (χ3v) is 8.51. The zero-order valence-electron chi connectivity index (χ0n) is 23.3. The van der Waals surface area contributed by atoms with Crippen molar-refractivity contribution in [3.63, 3.8) is 0 Å². The molecule has 0 unspecified atom stereocenters. The summed E-state index contributed by atoms with van der Waals surface area (Å²) in [5.74, 6) is 1.74. The molecule has 206 valence electrons. The highest BCUT2D eigenvalue weighted by molar-refractivity contribution is 6.12. The van der Waals surface area contributed by atoms with Gasteiger partial charge in [-0.25, -0.2) is 0 Å². The van der Waals surface area contributed by atoms with Crippen molar-refractivity contribution in [2.45, 2.75) is 6.54 Å². The van der Waals surface area contributed by atoms with Crippen molar-refractivity contribution in [3.8, 4) is 11.1 Å². The number of rotatable bonds is 4. The molecule has 2 aliphatic rings. The number of benzene rings is 5. The van der Waals surface area contributed by atoms with E-state index < -0.39 is 0 Å². The molecular weight excluding hydrogens is 530 g/mol. The van der Waals surface area contributed by atoms with Gasteiger partial charge in [-0.05, 0) is 59.1 Å². The topological polar surface area (TPSA) is 53.6 Å². The zero-order chi connectivity index (χ0) is 28.3. The first-order valence-corrected chi connectivity index (χ1v) is 14.6. The number of hydrogen-bond donors (Lipinski definition) is 2. The lowest BCUT2D eigenvalue weighted by Gasteiger charge is -2.28. The van der Waals surface area contributed by atoms with E-state index in [1.165, 1.54) is 10.9 Å². The quantitative estimate of drug-likeness (QED) is 0.226. The summed E-state index contributed by atoms with van der Waals surface area (Å²) in [7, 11) is 0. The number of furan rings is 2. The Morgan fingerprint density at radius 2 is 1.49 bits per heavy atom. The summed E-state index contributed by atoms with van der Waals surface area (Å²) in [6, 6.07) is 36.6. The van der Waals surface area contributed by atoms with Crippen LogP contribution < -0.4 is 15.5 Å². The lowest BCUT2D eigenvalue weighted by atomic mass is 9.97. The van der Waals surface area contributed by atoms with Crippen LogP contribution in [0.5, 0.6) is 0 Å². The molecule has 0 atom stereocenters. The molecule has 0 aliphatic carbocycles. The van der Waals surface area contributed by atoms with E-state index >= 15 is 0 Å². The van der Waals surface area contributed by atoms with Crippen molar-refractivity contribution >= 4 is 67.8 Å². The lowest BCUT2D eigenvalue weighted by Crippen LogP contribution is -2.12. The van der Waals surface area contributed by atoms with Gasteiger partial charge in [-0.1, -0.05) is 84.9 Å². The van der Waals surface area contributed by atoms with E-state index in [1.54, 1.807) is 0 Å². The van der Waals surface area contributed by atoms with Crippen molar-refractivity contribution in [1.29, 1.82) is 0 Å². The standard InChI is InChI=1S/C38H27N3O2/c1-2-9-24(10-3-1)26-21-25-11-4-5-12-27(25)33(22-26)41(31-15-7-17-34-36(31)30-14-8-19-40-38(30)43-34)32-16-6-13-29-28-18-20-39-23-35(28)42-37(29)32/h1-18,20-22,39-40H,19,23H2. The van der Waals surface area contributed by atoms with Gasteiger partial charge in [0.1, 0.15) is 11.3 Å². The summed E-state index contributed by atoms with van der Waals surface area (Å²) in [5.41, 5.74) is 9.29. The van der Waals surface area contributed by atoms with Crippen LogP contribution >= 0.6 is 0 Å². The van der Waals surface area contributed by atoms with Gasteiger partial charge in [0.05, 0.1) is 29.0 Å². The highest BCUT2D eigenvalue weighted by Gasteiger charge is 2.27. The van der Waals surface area contributed by atoms with Crippen molar-refractivity contribution in [3.05, 3.63) is 132 Å². The Hall–Kier alpha value is -5.68. The van der Waals surface area contributed by atoms with Gasteiger partial charge in [0.15, 0.2) is 5.58 Å². The van der Waals surface area contributed by atoms with Crippen molar-refractivity contribution < 1.29 is 8.83 Å². The van der Waals surface area contributed by atoms with Crippen LogP contribution in [-0.2, 0) is 6.54 Å². The average Bonchev–Trinajstić information content (AvgIpc) is 3.65. The molecule has 2 aromatic heterocycles. The van der Waals surface area contributed by atoms with Gasteiger partial charge in [0.25, 0.3) is 0 Å². The summed E-state index contributed by atoms with van der Waals surface area (Å²) >= 11 is 0. The molecule has 0 radical (unpaired) electrons. The minimum Gasteiger partial charge on any atom is -0.456 e. The van der Waals surface area contributed by atoms with Gasteiger partial charge < -0.3 is 24.4 Å². The van der Waals surface area contributed by atoms with E-state index in [2.05, 4.69) is 131 Å². The second-order valence-electron chi connectivity index (χ2n) is 11.0. The number of para-hydroxylation sites is 1. The minimum atomic E-state index is 0.660. The van der Waals surface area contributed by atoms with Gasteiger partial charge in [-0.15, -0.1) is 0 Å². The fourth-order valence-corrected chi connectivity index (χ4v) is 6.58. The number of anilines is 4. The molecule has 5 aromatic carbocycles. The lowest BCUT2D eigenvalue weighted by molar-refractivity contribution is 0.533. The van der Waals surface area contributed by atoms with Crippen molar-refractivity contribution in [2.75, 3.05) is 16.8 Å². The number of fused-ring (bicyclic) bond motifs is 7. The second-order valence-corrected chi connectivity index (χ2v) is 11.0. The van der Waals surface area contributed by atoms with Crippen LogP contribution in [0.2, 0.25) is 0 Å². The molecule has 5 nitrogen and oxygen atoms in total. The first-order chi connectivity index (χ1) is 21.3. The first-order valence-electron chi connectivity index (χ1n) is 14.6. The molecule has 2 aliphatic heterocycles. The maximum atomic E-state index is 6.67. The molecule has 0 saturated heterocycles. The molecule has 0 spiro atoms. The van der Waals surface area contributed by atoms with Crippen molar-refractivity contribution in [2.24, 2.45) is 0 Å². The second kappa shape index (κ2) is 9.43. The number of nitrogens with one attached hydrogen (secondary N) is 2. The van der Waals surface area contributed by atoms with Crippen LogP contribution in [0.4, 0.5) is 22.9 Å². The van der Waals surface area contributed by atoms with Gasteiger partial charge in [0.2, 0.25) is 5.88 Å². The van der Waals surface area contributed by atoms with Crippen LogP contribution in [0.15, 0.2) is 124 Å². The third kappa shape index (κ3) is 3.71. The smallest absolute Gasteiger partial charge is 0.201 e. The Kier molecular flexibility index (Phi) is 5.26. The predicted octanol–water partition coefficient (Wildman–Crippen LogP) is 9.98. The van der Waals surface area contributed by atoms with Crippen LogP contribution in [0, 0.1) is 0 Å². The molecule has 2 N–H and O–H groups in total. The Balaban J connectivity index is 1.41. The maximum Gasteiger partial charge on any atom is 0.201 e. The monoisotopic (exact) mass is 557 g/mol. The SMILES string of the molecule is C1=Cc2c(oc3cccc(N(c4cc(-c5ccccc5)cc5ccccc45)c4cccc5c6c(oc45)CNC=C6)c23)NC1. The van der Waals surface area contributed by atoms with Gasteiger partial charge in [-0.2, -0.15) is 0 Å². The molecule has 5 heteroatoms. The number of hydrogen-bond acceptors (Lipinski definition) is 5. The van der Waals surface area contributed by atoms with E-state index in [9.17, 15) is 0 Å². The third-order valence-electron chi connectivity index (χ3n) is 8.51. The predicted molar refractivity (Wildman–Crippen MR) is 177 cm³/mol. The highest BCUT2D eigenvalue weighted by Crippen LogP contribution is 2.49. The summed E-state index contributed by atoms with van der Waals surface area (Å²) in [6.45, 7) is 1.40. The molecule has 7 aromatic rings. The largest absolute Gasteiger partial charge is 0.456 e. The number of nitrogens with zero attached hydrogens (tertiary/aromatic N) is 1. The summed E-state index contributed by atoms with van der Waals surface area (Å²) in [6.07, 6.45) is 8.41. The minimum absolute atomic E-state index is 0.660. The zero-order valence-corrected chi connectivity index (χ0v) is 23.3. The first kappa shape index (κ1) is 24.0. The molecule has 0 bridgehead atoms. The molecule has 4 heterocycles. The fourth-order valence-electron chi connectivity index (χ4n) is 6.58. The Morgan fingerprint density at radius 3 is 2.44 bits per heavy atom. The van der Waals surface area contributed by atoms with E-state index in [4.69, 9.17) is 8.83 Å². The highest BCUT2D eigenvalue weighted by atomic mass is 16.4. The molecule has 0 saturated carbocycles. The van der Waals surface area contributed by atoms with Crippen LogP contribution in [0.1, 0.15) is 16.9 Å². The molecule has 0 fully saturated rings. The van der Waals surface area contributed by atoms with Gasteiger partial charge in [-0.3, -0.25) is 0 Å². The van der Waals surface area contributed by atoms with E-state index in [0.717, 1.165) is 79.3 Å². The molecule has 0 amide bonds.